The van der Waals surface area contributed by atoms with Crippen molar-refractivity contribution in [1.82, 2.24) is 30.7 Å². The molecule has 346 valence electrons. The molecule has 12 N–H and O–H groups in total. The fourth-order valence-corrected chi connectivity index (χ4v) is 6.98. The van der Waals surface area contributed by atoms with Crippen LogP contribution >= 0.6 is 0 Å². The van der Waals surface area contributed by atoms with Gasteiger partial charge in [-0.25, -0.2) is 14.4 Å². The minimum absolute atomic E-state index is 0.0181. The highest BCUT2D eigenvalue weighted by Gasteiger charge is 2.43. The van der Waals surface area contributed by atoms with Gasteiger partial charge in [-0.3, -0.25) is 53.1 Å². The van der Waals surface area contributed by atoms with Crippen molar-refractivity contribution in [2.45, 2.75) is 75.4 Å². The van der Waals surface area contributed by atoms with Gasteiger partial charge in [0.15, 0.2) is 0 Å². The Labute approximate surface area is 352 Å². The molecule has 0 spiro atoms. The first-order valence-corrected chi connectivity index (χ1v) is 19.5. The summed E-state index contributed by atoms with van der Waals surface area (Å²) in [4.78, 5) is 134. The van der Waals surface area contributed by atoms with Crippen LogP contribution in [0.5, 0.6) is 0 Å². The zero-order chi connectivity index (χ0) is 46.6. The molecule has 3 amide bonds. The van der Waals surface area contributed by atoms with Crippen LogP contribution in [-0.4, -0.2) is 194 Å². The van der Waals surface area contributed by atoms with Crippen molar-refractivity contribution in [1.29, 1.82) is 0 Å². The van der Waals surface area contributed by atoms with Crippen LogP contribution in [0, 0.1) is 0 Å². The molecule has 1 aliphatic rings. The second-order valence-corrected chi connectivity index (χ2v) is 14.7. The van der Waals surface area contributed by atoms with Crippen LogP contribution < -0.4 is 37.4 Å². The van der Waals surface area contributed by atoms with Crippen LogP contribution in [0.1, 0.15) is 57.8 Å². The Balaban J connectivity index is 1.90. The molecule has 2 rings (SSSR count). The number of rotatable bonds is 31. The van der Waals surface area contributed by atoms with Crippen LogP contribution in [-0.2, 0) is 38.4 Å². The van der Waals surface area contributed by atoms with E-state index in [1.807, 2.05) is 5.32 Å². The lowest BCUT2D eigenvalue weighted by Crippen LogP contribution is -2.62. The normalized spacial score (nSPS) is 15.1. The number of urea groups is 1. The summed E-state index contributed by atoms with van der Waals surface area (Å²) in [6.45, 7) is -2.13. The average Bonchev–Trinajstić information content (AvgIpc) is 3.33. The van der Waals surface area contributed by atoms with Gasteiger partial charge >= 0.3 is 47.8 Å². The maximum atomic E-state index is 12.7. The molecular weight excluding hydrogens is 832 g/mol. The smallest absolute Gasteiger partial charge is 0.326 e. The molecule has 2 unspecified atom stereocenters. The van der Waals surface area contributed by atoms with Gasteiger partial charge in [-0.2, -0.15) is 0 Å². The van der Waals surface area contributed by atoms with Crippen LogP contribution in [0.15, 0.2) is 9.59 Å². The minimum Gasteiger partial charge on any atom is -0.481 e. The van der Waals surface area contributed by atoms with Gasteiger partial charge in [0.25, 0.3) is 10.9 Å². The molecule has 0 radical (unpaired) electrons. The molecule has 1 aromatic carbocycles. The first-order chi connectivity index (χ1) is 29.1. The van der Waals surface area contributed by atoms with Gasteiger partial charge in [-0.05, 0) is 38.5 Å². The van der Waals surface area contributed by atoms with Crippen LogP contribution in [0.4, 0.5) is 16.2 Å². The second kappa shape index (κ2) is 25.4. The monoisotopic (exact) mass is 886 g/mol. The Morgan fingerprint density at radius 3 is 1.55 bits per heavy atom. The number of amides is 3. The van der Waals surface area contributed by atoms with Gasteiger partial charge in [-0.15, -0.1) is 0 Å². The molecule has 1 aromatic rings. The van der Waals surface area contributed by atoms with E-state index in [4.69, 9.17) is 5.11 Å². The lowest BCUT2D eigenvalue weighted by molar-refractivity contribution is -0.148. The van der Waals surface area contributed by atoms with E-state index in [0.717, 1.165) is 0 Å². The maximum Gasteiger partial charge on any atom is 0.326 e. The Morgan fingerprint density at radius 2 is 1.08 bits per heavy atom. The number of hydrogen-bond donors (Lipinski definition) is 12. The standard InChI is InChI=1S/C36H54N8O18/c45-23(6-1-3-9-36(44(17-27(52)53)18-28(54)55)19-42(15-25(48)49)13-14-43(20-36)16-26(50)51)37-11-12-39-30-29(31(56)32(30)57)38-10-4-2-5-21(33(58)59)40-35(62)41-22(34(60)61)7-8-24(46)47/h21-22,38-39H,1-20H2,(H,37,45)(H,46,47)(H,48,49)(H,50,51)(H,52,53)(H,54,55)(H,58,59)(H,60,61)(H2,40,41,62). The molecule has 0 aromatic heterocycles. The zero-order valence-electron chi connectivity index (χ0n) is 33.8. The van der Waals surface area contributed by atoms with Crippen molar-refractivity contribution in [3.8, 4) is 0 Å². The highest BCUT2D eigenvalue weighted by atomic mass is 16.4. The first-order valence-electron chi connectivity index (χ1n) is 19.5. The SMILES string of the molecule is O=C(O)CCC(NC(=O)NC(CCCCNc1c(NCCNC(=O)CCCCC2(N(CC(=O)O)CC(=O)O)CN(CC(=O)O)CCN(CC(=O)O)C2)c(=O)c1=O)C(=O)O)C(=O)O. The van der Waals surface area contributed by atoms with Crippen LogP contribution in [0.3, 0.4) is 0 Å². The van der Waals surface area contributed by atoms with Gasteiger partial charge in [0.2, 0.25) is 5.91 Å². The third-order valence-corrected chi connectivity index (χ3v) is 9.84. The molecule has 26 heteroatoms. The molecule has 1 saturated heterocycles. The number of anilines is 2. The number of carboxylic acids is 7. The predicted octanol–water partition coefficient (Wildman–Crippen LogP) is -2.98. The van der Waals surface area contributed by atoms with Crippen molar-refractivity contribution in [3.05, 3.63) is 20.4 Å². The summed E-state index contributed by atoms with van der Waals surface area (Å²) in [6.07, 6.45) is -0.0586. The van der Waals surface area contributed by atoms with Gasteiger partial charge in [0.1, 0.15) is 23.5 Å². The number of carbonyl (C=O) groups excluding carboxylic acids is 2. The quantitative estimate of drug-likeness (QED) is 0.0261. The molecule has 0 saturated carbocycles. The Morgan fingerprint density at radius 1 is 0.581 bits per heavy atom. The van der Waals surface area contributed by atoms with Crippen molar-refractivity contribution >= 4 is 65.1 Å². The molecule has 26 nitrogen and oxygen atoms in total. The largest absolute Gasteiger partial charge is 0.481 e. The van der Waals surface area contributed by atoms with Crippen molar-refractivity contribution in [3.63, 3.8) is 0 Å². The summed E-state index contributed by atoms with van der Waals surface area (Å²) in [5.74, 6) is -9.69. The molecule has 1 fully saturated rings. The van der Waals surface area contributed by atoms with Gasteiger partial charge in [-0.1, -0.05) is 6.42 Å². The van der Waals surface area contributed by atoms with E-state index in [1.165, 1.54) is 14.7 Å². The van der Waals surface area contributed by atoms with Crippen LogP contribution in [0.2, 0.25) is 0 Å². The summed E-state index contributed by atoms with van der Waals surface area (Å²) >= 11 is 0. The van der Waals surface area contributed by atoms with E-state index in [0.29, 0.717) is 0 Å². The van der Waals surface area contributed by atoms with Crippen LogP contribution in [0.25, 0.3) is 0 Å². The van der Waals surface area contributed by atoms with Gasteiger partial charge in [0, 0.05) is 64.2 Å². The van der Waals surface area contributed by atoms with E-state index >= 15 is 0 Å². The van der Waals surface area contributed by atoms with E-state index in [9.17, 15) is 83.4 Å². The summed E-state index contributed by atoms with van der Waals surface area (Å²) in [6, 6.07) is -4.11. The van der Waals surface area contributed by atoms with E-state index in [2.05, 4.69) is 21.3 Å². The number of nitrogens with one attached hydrogen (secondary N) is 5. The number of carboxylic acid groups (broad SMARTS) is 7. The molecule has 1 aliphatic heterocycles. The van der Waals surface area contributed by atoms with E-state index < -0.39 is 121 Å². The molecule has 2 atom stereocenters. The Bertz CT molecular complexity index is 1810. The fraction of sp³-hybridized carbons (Fsp3) is 0.639. The number of carbonyl (C=O) groups is 9. The summed E-state index contributed by atoms with van der Waals surface area (Å²) < 4.78 is 0. The fourth-order valence-electron chi connectivity index (χ4n) is 6.98. The number of unbranched alkanes of at least 4 members (excludes halogenated alkanes) is 2. The second-order valence-electron chi connectivity index (χ2n) is 14.7. The molecule has 62 heavy (non-hydrogen) atoms. The molecular formula is C36H54N8O18. The van der Waals surface area contributed by atoms with E-state index in [1.54, 1.807) is 0 Å². The Hall–Kier alpha value is -6.41. The predicted molar refractivity (Wildman–Crippen MR) is 213 cm³/mol. The third-order valence-electron chi connectivity index (χ3n) is 9.84. The Kier molecular flexibility index (Phi) is 21.2. The number of aliphatic carboxylic acids is 7. The number of hydrogen-bond acceptors (Lipinski definition) is 16. The van der Waals surface area contributed by atoms with E-state index in [-0.39, 0.29) is 102 Å². The lowest BCUT2D eigenvalue weighted by Gasteiger charge is -2.45. The van der Waals surface area contributed by atoms with Crippen molar-refractivity contribution < 1.29 is 78.9 Å². The minimum atomic E-state index is -1.56. The van der Waals surface area contributed by atoms with Crippen molar-refractivity contribution in [2.75, 3.05) is 82.6 Å². The van der Waals surface area contributed by atoms with Gasteiger partial charge in [0.05, 0.1) is 26.2 Å². The molecule has 0 aliphatic carbocycles. The summed E-state index contributed by atoms with van der Waals surface area (Å²) in [5, 5.41) is 78.0. The molecule has 0 bridgehead atoms. The number of nitrogens with zero attached hydrogens (tertiary/aromatic N) is 3. The third kappa shape index (κ3) is 18.1. The summed E-state index contributed by atoms with van der Waals surface area (Å²) in [5.41, 5.74) is -2.98. The van der Waals surface area contributed by atoms with Gasteiger partial charge < -0.3 is 62.3 Å². The highest BCUT2D eigenvalue weighted by molar-refractivity contribution is 5.86. The van der Waals surface area contributed by atoms with Crippen molar-refractivity contribution in [2.24, 2.45) is 0 Å². The maximum absolute atomic E-state index is 12.7. The first kappa shape index (κ1) is 51.7. The topological polar surface area (TPSA) is 399 Å². The lowest BCUT2D eigenvalue weighted by atomic mass is 9.88. The zero-order valence-corrected chi connectivity index (χ0v) is 33.8. The highest BCUT2D eigenvalue weighted by Crippen LogP contribution is 2.28. The summed E-state index contributed by atoms with van der Waals surface area (Å²) in [7, 11) is 0. The average molecular weight is 887 g/mol. The molecule has 1 heterocycles.